The number of nitrogens with zero attached hydrogens (tertiary/aromatic N) is 1. The molecule has 0 bridgehead atoms. The molecule has 3 rings (SSSR count). The van der Waals surface area contributed by atoms with E-state index in [0.29, 0.717) is 6.54 Å². The highest BCUT2D eigenvalue weighted by molar-refractivity contribution is 5.72. The topological polar surface area (TPSA) is 29.5 Å². The maximum absolute atomic E-state index is 12.2. The minimum Gasteiger partial charge on any atom is -0.441 e. The van der Waals surface area contributed by atoms with Gasteiger partial charge in [-0.25, -0.2) is 4.79 Å². The van der Waals surface area contributed by atoms with Crippen LogP contribution in [0.15, 0.2) is 60.8 Å². The number of carbonyl (C=O) groups is 1. The van der Waals surface area contributed by atoms with Gasteiger partial charge >= 0.3 is 6.09 Å². The Hall–Kier alpha value is -2.55. The van der Waals surface area contributed by atoms with Gasteiger partial charge in [-0.3, -0.25) is 4.90 Å². The Kier molecular flexibility index (Phi) is 3.73. The van der Waals surface area contributed by atoms with Gasteiger partial charge in [0, 0.05) is 6.20 Å². The van der Waals surface area contributed by atoms with Crippen molar-refractivity contribution >= 4 is 12.2 Å². The smallest absolute Gasteiger partial charge is 0.414 e. The minimum atomic E-state index is -0.322. The molecule has 0 unspecified atom stereocenters. The van der Waals surface area contributed by atoms with E-state index < -0.39 is 0 Å². The number of carbonyl (C=O) groups excluding carboxylic acids is 1. The molecule has 3 nitrogen and oxygen atoms in total. The lowest BCUT2D eigenvalue weighted by Gasteiger charge is -2.24. The van der Waals surface area contributed by atoms with E-state index in [1.165, 1.54) is 0 Å². The fourth-order valence-corrected chi connectivity index (χ4v) is 2.38. The van der Waals surface area contributed by atoms with Crippen LogP contribution in [0.2, 0.25) is 0 Å². The summed E-state index contributed by atoms with van der Waals surface area (Å²) in [5, 5.41) is 0. The summed E-state index contributed by atoms with van der Waals surface area (Å²) >= 11 is 0. The van der Waals surface area contributed by atoms with Crippen molar-refractivity contribution in [3.8, 4) is 0 Å². The number of rotatable bonds is 2. The van der Waals surface area contributed by atoms with Crippen molar-refractivity contribution in [2.24, 2.45) is 0 Å². The molecule has 0 saturated heterocycles. The summed E-state index contributed by atoms with van der Waals surface area (Å²) in [4.78, 5) is 13.8. The van der Waals surface area contributed by atoms with E-state index in [1.807, 2.05) is 67.6 Å². The maximum Gasteiger partial charge on any atom is 0.414 e. The molecule has 0 spiro atoms. The van der Waals surface area contributed by atoms with Crippen molar-refractivity contribution in [2.75, 3.05) is 0 Å². The zero-order valence-corrected chi connectivity index (χ0v) is 11.9. The first-order valence-electron chi connectivity index (χ1n) is 7.02. The van der Waals surface area contributed by atoms with Gasteiger partial charge in [-0.05, 0) is 29.7 Å². The lowest BCUT2D eigenvalue weighted by molar-refractivity contribution is 0.0799. The molecule has 106 valence electrons. The van der Waals surface area contributed by atoms with Gasteiger partial charge in [0.1, 0.15) is 6.10 Å². The van der Waals surface area contributed by atoms with Crippen molar-refractivity contribution in [3.05, 3.63) is 77.5 Å². The Balaban J connectivity index is 1.68. The molecule has 1 aliphatic heterocycles. The van der Waals surface area contributed by atoms with E-state index >= 15 is 0 Å². The SMILES string of the molecule is C[C@@H](OC(=O)N1C=Cc2ccccc2C1)c1ccccc1. The molecule has 2 aromatic rings. The Morgan fingerprint density at radius 2 is 1.81 bits per heavy atom. The number of ether oxygens (including phenoxy) is 1. The third-order valence-electron chi connectivity index (χ3n) is 3.61. The molecule has 0 N–H and O–H groups in total. The largest absolute Gasteiger partial charge is 0.441 e. The average Bonchev–Trinajstić information content (AvgIpc) is 2.55. The van der Waals surface area contributed by atoms with Crippen LogP contribution >= 0.6 is 0 Å². The molecule has 3 heteroatoms. The number of amides is 1. The fraction of sp³-hybridized carbons (Fsp3) is 0.167. The van der Waals surface area contributed by atoms with Gasteiger partial charge in [-0.1, -0.05) is 54.6 Å². The third kappa shape index (κ3) is 2.97. The van der Waals surface area contributed by atoms with Crippen LogP contribution in [0.1, 0.15) is 29.7 Å². The van der Waals surface area contributed by atoms with Gasteiger partial charge in [0.2, 0.25) is 0 Å². The molecule has 21 heavy (non-hydrogen) atoms. The number of hydrogen-bond acceptors (Lipinski definition) is 2. The highest BCUT2D eigenvalue weighted by Crippen LogP contribution is 2.22. The second-order valence-electron chi connectivity index (χ2n) is 5.08. The summed E-state index contributed by atoms with van der Waals surface area (Å²) < 4.78 is 5.53. The van der Waals surface area contributed by atoms with E-state index in [2.05, 4.69) is 0 Å². The molecule has 0 fully saturated rings. The molecular formula is C18H17NO2. The highest BCUT2D eigenvalue weighted by atomic mass is 16.6. The van der Waals surface area contributed by atoms with Gasteiger partial charge in [-0.15, -0.1) is 0 Å². The van der Waals surface area contributed by atoms with Gasteiger partial charge < -0.3 is 4.74 Å². The molecule has 1 amide bonds. The molecule has 0 aliphatic carbocycles. The molecule has 0 aromatic heterocycles. The fourth-order valence-electron chi connectivity index (χ4n) is 2.38. The van der Waals surface area contributed by atoms with Crippen molar-refractivity contribution in [2.45, 2.75) is 19.6 Å². The molecule has 1 aliphatic rings. The highest BCUT2D eigenvalue weighted by Gasteiger charge is 2.20. The molecular weight excluding hydrogens is 262 g/mol. The number of fused-ring (bicyclic) bond motifs is 1. The Bertz CT molecular complexity index is 664. The second-order valence-corrected chi connectivity index (χ2v) is 5.08. The second kappa shape index (κ2) is 5.83. The van der Waals surface area contributed by atoms with E-state index in [0.717, 1.165) is 16.7 Å². The Labute approximate surface area is 124 Å². The van der Waals surface area contributed by atoms with E-state index in [-0.39, 0.29) is 12.2 Å². The molecule has 1 atom stereocenters. The van der Waals surface area contributed by atoms with Crippen molar-refractivity contribution in [1.82, 2.24) is 4.90 Å². The van der Waals surface area contributed by atoms with Crippen LogP contribution in [-0.4, -0.2) is 11.0 Å². The van der Waals surface area contributed by atoms with E-state index in [4.69, 9.17) is 4.74 Å². The summed E-state index contributed by atoms with van der Waals surface area (Å²) in [7, 11) is 0. The van der Waals surface area contributed by atoms with E-state index in [1.54, 1.807) is 11.1 Å². The lowest BCUT2D eigenvalue weighted by Crippen LogP contribution is -2.28. The molecule has 0 saturated carbocycles. The molecule has 0 radical (unpaired) electrons. The summed E-state index contributed by atoms with van der Waals surface area (Å²) in [6, 6.07) is 17.8. The lowest BCUT2D eigenvalue weighted by atomic mass is 10.0. The van der Waals surface area contributed by atoms with Crippen LogP contribution < -0.4 is 0 Å². The van der Waals surface area contributed by atoms with Crippen LogP contribution in [0.25, 0.3) is 6.08 Å². The Morgan fingerprint density at radius 3 is 2.62 bits per heavy atom. The van der Waals surface area contributed by atoms with Crippen LogP contribution in [0.4, 0.5) is 4.79 Å². The summed E-state index contributed by atoms with van der Waals surface area (Å²) in [5.41, 5.74) is 3.27. The van der Waals surface area contributed by atoms with Crippen LogP contribution in [0.5, 0.6) is 0 Å². The normalized spacial score (nSPS) is 14.4. The first-order chi connectivity index (χ1) is 10.2. The first kappa shape index (κ1) is 13.4. The van der Waals surface area contributed by atoms with Crippen LogP contribution in [-0.2, 0) is 11.3 Å². The monoisotopic (exact) mass is 279 g/mol. The maximum atomic E-state index is 12.2. The molecule has 1 heterocycles. The predicted octanol–water partition coefficient (Wildman–Crippen LogP) is 4.37. The van der Waals surface area contributed by atoms with Gasteiger partial charge in [0.25, 0.3) is 0 Å². The zero-order chi connectivity index (χ0) is 14.7. The standard InChI is InChI=1S/C18H17NO2/c1-14(15-7-3-2-4-8-15)21-18(20)19-12-11-16-9-5-6-10-17(16)13-19/h2-12,14H,13H2,1H3/t14-/m1/s1. The summed E-state index contributed by atoms with van der Waals surface area (Å²) in [6.07, 6.45) is 3.14. The number of hydrogen-bond donors (Lipinski definition) is 0. The van der Waals surface area contributed by atoms with Gasteiger partial charge in [0.05, 0.1) is 6.54 Å². The zero-order valence-electron chi connectivity index (χ0n) is 11.9. The third-order valence-corrected chi connectivity index (χ3v) is 3.61. The summed E-state index contributed by atoms with van der Waals surface area (Å²) in [5.74, 6) is 0. The van der Waals surface area contributed by atoms with Gasteiger partial charge in [-0.2, -0.15) is 0 Å². The quantitative estimate of drug-likeness (QED) is 0.817. The van der Waals surface area contributed by atoms with E-state index in [9.17, 15) is 4.79 Å². The Morgan fingerprint density at radius 1 is 1.10 bits per heavy atom. The predicted molar refractivity (Wildman–Crippen MR) is 82.4 cm³/mol. The molecule has 2 aromatic carbocycles. The van der Waals surface area contributed by atoms with Crippen LogP contribution in [0, 0.1) is 0 Å². The van der Waals surface area contributed by atoms with Crippen LogP contribution in [0.3, 0.4) is 0 Å². The van der Waals surface area contributed by atoms with Crippen molar-refractivity contribution < 1.29 is 9.53 Å². The van der Waals surface area contributed by atoms with Crippen molar-refractivity contribution in [3.63, 3.8) is 0 Å². The first-order valence-corrected chi connectivity index (χ1v) is 7.02. The van der Waals surface area contributed by atoms with Crippen molar-refractivity contribution in [1.29, 1.82) is 0 Å². The van der Waals surface area contributed by atoms with Gasteiger partial charge in [0.15, 0.2) is 0 Å². The number of benzene rings is 2. The minimum absolute atomic E-state index is 0.260. The summed E-state index contributed by atoms with van der Waals surface area (Å²) in [6.45, 7) is 2.43. The average molecular weight is 279 g/mol.